The molecular formula is C21H23ClN2O3. The van der Waals surface area contributed by atoms with Gasteiger partial charge in [-0.25, -0.2) is 0 Å². The number of rotatable bonds is 7. The lowest BCUT2D eigenvalue weighted by Crippen LogP contribution is -2.37. The lowest BCUT2D eigenvalue weighted by Gasteiger charge is -2.25. The van der Waals surface area contributed by atoms with E-state index in [4.69, 9.17) is 21.2 Å². The van der Waals surface area contributed by atoms with E-state index in [1.165, 1.54) is 0 Å². The normalized spacial score (nSPS) is 15.8. The van der Waals surface area contributed by atoms with Crippen LogP contribution in [0.2, 0.25) is 5.02 Å². The van der Waals surface area contributed by atoms with E-state index >= 15 is 0 Å². The number of para-hydroxylation sites is 1. The Morgan fingerprint density at radius 3 is 2.74 bits per heavy atom. The molecule has 0 saturated carbocycles. The van der Waals surface area contributed by atoms with Gasteiger partial charge in [-0.05, 0) is 23.8 Å². The fourth-order valence-corrected chi connectivity index (χ4v) is 3.32. The minimum Gasteiger partial charge on any atom is -0.496 e. The van der Waals surface area contributed by atoms with Crippen LogP contribution in [0.4, 0.5) is 0 Å². The Morgan fingerprint density at radius 1 is 1.26 bits per heavy atom. The second-order valence-electron chi connectivity index (χ2n) is 6.39. The number of ether oxygens (including phenoxy) is 1. The number of nitrogens with zero attached hydrogens (tertiary/aromatic N) is 2. The van der Waals surface area contributed by atoms with E-state index < -0.39 is 0 Å². The van der Waals surface area contributed by atoms with Gasteiger partial charge in [0, 0.05) is 30.0 Å². The lowest BCUT2D eigenvalue weighted by molar-refractivity contribution is -0.133. The Morgan fingerprint density at radius 2 is 2.00 bits per heavy atom. The quantitative estimate of drug-likeness (QED) is 0.713. The first-order valence-corrected chi connectivity index (χ1v) is 9.37. The summed E-state index contributed by atoms with van der Waals surface area (Å²) in [7, 11) is 1.64. The molecule has 142 valence electrons. The van der Waals surface area contributed by atoms with E-state index in [2.05, 4.69) is 5.16 Å². The molecule has 5 nitrogen and oxygen atoms in total. The van der Waals surface area contributed by atoms with Crippen molar-refractivity contribution < 1.29 is 14.4 Å². The van der Waals surface area contributed by atoms with Gasteiger partial charge in [0.15, 0.2) is 6.10 Å². The van der Waals surface area contributed by atoms with Gasteiger partial charge in [0.25, 0.3) is 0 Å². The Labute approximate surface area is 164 Å². The van der Waals surface area contributed by atoms with Gasteiger partial charge in [0.1, 0.15) is 5.75 Å². The molecule has 1 atom stereocenters. The predicted octanol–water partition coefficient (Wildman–Crippen LogP) is 4.28. The molecule has 1 heterocycles. The van der Waals surface area contributed by atoms with Crippen molar-refractivity contribution >= 4 is 23.2 Å². The maximum absolute atomic E-state index is 12.4. The minimum atomic E-state index is -0.192. The molecule has 2 aromatic carbocycles. The Balaban J connectivity index is 1.69. The second-order valence-corrected chi connectivity index (χ2v) is 6.80. The summed E-state index contributed by atoms with van der Waals surface area (Å²) in [6.45, 7) is 2.77. The van der Waals surface area contributed by atoms with Crippen molar-refractivity contribution in [2.75, 3.05) is 13.7 Å². The van der Waals surface area contributed by atoms with Gasteiger partial charge in [-0.2, -0.15) is 0 Å². The number of carbonyl (C=O) groups excluding carboxylic acids is 1. The van der Waals surface area contributed by atoms with Crippen LogP contribution in [-0.4, -0.2) is 36.3 Å². The zero-order valence-corrected chi connectivity index (χ0v) is 16.3. The molecule has 1 aliphatic heterocycles. The van der Waals surface area contributed by atoms with E-state index in [1.807, 2.05) is 55.5 Å². The van der Waals surface area contributed by atoms with Crippen molar-refractivity contribution in [2.45, 2.75) is 32.4 Å². The highest BCUT2D eigenvalue weighted by atomic mass is 35.5. The number of oxime groups is 1. The van der Waals surface area contributed by atoms with Crippen molar-refractivity contribution in [2.24, 2.45) is 5.16 Å². The smallest absolute Gasteiger partial charge is 0.222 e. The molecule has 0 fully saturated rings. The molecule has 2 aromatic rings. The molecule has 0 spiro atoms. The van der Waals surface area contributed by atoms with Crippen LogP contribution in [0.1, 0.15) is 30.9 Å². The third kappa shape index (κ3) is 4.61. The molecule has 0 N–H and O–H groups in total. The molecule has 27 heavy (non-hydrogen) atoms. The molecule has 1 aliphatic rings. The number of methoxy groups -OCH3 is 1. The van der Waals surface area contributed by atoms with Crippen molar-refractivity contribution in [3.63, 3.8) is 0 Å². The SMILES string of the molecule is CCC(=O)N(Cc1ccccc1Cl)C[C@H]1CC(c2ccccc2OC)=NO1. The van der Waals surface area contributed by atoms with Crippen molar-refractivity contribution in [3.05, 3.63) is 64.7 Å². The van der Waals surface area contributed by atoms with Gasteiger partial charge in [-0.15, -0.1) is 0 Å². The largest absolute Gasteiger partial charge is 0.496 e. The summed E-state index contributed by atoms with van der Waals surface area (Å²) in [6.07, 6.45) is 0.858. The summed E-state index contributed by atoms with van der Waals surface area (Å²) in [5.74, 6) is 0.822. The number of hydrogen-bond donors (Lipinski definition) is 0. The zero-order valence-electron chi connectivity index (χ0n) is 15.5. The second kappa shape index (κ2) is 8.91. The maximum atomic E-state index is 12.4. The van der Waals surface area contributed by atoms with E-state index in [1.54, 1.807) is 12.0 Å². The summed E-state index contributed by atoms with van der Waals surface area (Å²) in [5.41, 5.74) is 2.67. The summed E-state index contributed by atoms with van der Waals surface area (Å²) in [5, 5.41) is 4.89. The topological polar surface area (TPSA) is 51.1 Å². The monoisotopic (exact) mass is 386 g/mol. The molecule has 0 unspecified atom stereocenters. The third-order valence-electron chi connectivity index (χ3n) is 4.55. The minimum absolute atomic E-state index is 0.0595. The number of halogens is 1. The number of hydrogen-bond acceptors (Lipinski definition) is 4. The highest BCUT2D eigenvalue weighted by Gasteiger charge is 2.27. The lowest BCUT2D eigenvalue weighted by atomic mass is 10.0. The molecule has 1 amide bonds. The standard InChI is InChI=1S/C21H23ClN2O3/c1-3-21(25)24(13-15-8-4-6-10-18(15)22)14-16-12-19(23-27-16)17-9-5-7-11-20(17)26-2/h4-11,16H,3,12-14H2,1-2H3/t16-/m1/s1. The summed E-state index contributed by atoms with van der Waals surface area (Å²) in [6, 6.07) is 15.3. The third-order valence-corrected chi connectivity index (χ3v) is 4.92. The number of benzene rings is 2. The molecule has 0 radical (unpaired) electrons. The van der Waals surface area contributed by atoms with Gasteiger partial charge >= 0.3 is 0 Å². The first kappa shape index (κ1) is 19.2. The first-order chi connectivity index (χ1) is 13.1. The Kier molecular flexibility index (Phi) is 6.35. The molecule has 0 bridgehead atoms. The zero-order chi connectivity index (χ0) is 19.2. The van der Waals surface area contributed by atoms with Gasteiger partial charge < -0.3 is 14.5 Å². The number of amides is 1. The molecule has 0 saturated heterocycles. The van der Waals surface area contributed by atoms with Gasteiger partial charge in [-0.1, -0.05) is 54.0 Å². The average molecular weight is 387 g/mol. The van der Waals surface area contributed by atoms with Crippen molar-refractivity contribution in [3.8, 4) is 5.75 Å². The predicted molar refractivity (Wildman–Crippen MR) is 106 cm³/mol. The van der Waals surface area contributed by atoms with Crippen LogP contribution < -0.4 is 4.74 Å². The van der Waals surface area contributed by atoms with Gasteiger partial charge in [0.2, 0.25) is 5.91 Å². The van der Waals surface area contributed by atoms with Crippen LogP contribution in [-0.2, 0) is 16.2 Å². The van der Waals surface area contributed by atoms with Crippen LogP contribution in [0.5, 0.6) is 5.75 Å². The van der Waals surface area contributed by atoms with Gasteiger partial charge in [-0.3, -0.25) is 4.79 Å². The van der Waals surface area contributed by atoms with Crippen LogP contribution >= 0.6 is 11.6 Å². The van der Waals surface area contributed by atoms with Crippen LogP contribution in [0, 0.1) is 0 Å². The fraction of sp³-hybridized carbons (Fsp3) is 0.333. The van der Waals surface area contributed by atoms with E-state index in [0.717, 1.165) is 22.6 Å². The van der Waals surface area contributed by atoms with Crippen LogP contribution in [0.25, 0.3) is 0 Å². The molecule has 6 heteroatoms. The van der Waals surface area contributed by atoms with Crippen LogP contribution in [0.15, 0.2) is 53.7 Å². The van der Waals surface area contributed by atoms with Crippen molar-refractivity contribution in [1.29, 1.82) is 0 Å². The number of carbonyl (C=O) groups is 1. The molecule has 0 aliphatic carbocycles. The van der Waals surface area contributed by atoms with E-state index in [9.17, 15) is 4.79 Å². The Hall–Kier alpha value is -2.53. The average Bonchev–Trinajstić information content (AvgIpc) is 3.16. The molecule has 3 rings (SSSR count). The highest BCUT2D eigenvalue weighted by molar-refractivity contribution is 6.31. The molecule has 0 aromatic heterocycles. The van der Waals surface area contributed by atoms with E-state index in [0.29, 0.717) is 31.0 Å². The Bertz CT molecular complexity index is 838. The summed E-state index contributed by atoms with van der Waals surface area (Å²) in [4.78, 5) is 19.8. The van der Waals surface area contributed by atoms with Crippen molar-refractivity contribution in [1.82, 2.24) is 4.90 Å². The summed E-state index contributed by atoms with van der Waals surface area (Å²) >= 11 is 6.26. The molecular weight excluding hydrogens is 364 g/mol. The summed E-state index contributed by atoms with van der Waals surface area (Å²) < 4.78 is 5.41. The van der Waals surface area contributed by atoms with Gasteiger partial charge in [0.05, 0.1) is 19.4 Å². The highest BCUT2D eigenvalue weighted by Crippen LogP contribution is 2.25. The maximum Gasteiger partial charge on any atom is 0.222 e. The first-order valence-electron chi connectivity index (χ1n) is 8.99. The van der Waals surface area contributed by atoms with E-state index in [-0.39, 0.29) is 12.0 Å². The van der Waals surface area contributed by atoms with Crippen LogP contribution in [0.3, 0.4) is 0 Å². The fourth-order valence-electron chi connectivity index (χ4n) is 3.12.